The van der Waals surface area contributed by atoms with Crippen molar-refractivity contribution in [3.05, 3.63) is 77.4 Å². The van der Waals surface area contributed by atoms with Gasteiger partial charge in [-0.1, -0.05) is 41.9 Å². The van der Waals surface area contributed by atoms with Crippen LogP contribution in [0.5, 0.6) is 5.75 Å². The number of aromatic nitrogens is 1. The second-order valence-corrected chi connectivity index (χ2v) is 8.25. The molecule has 0 N–H and O–H groups in total. The first kappa shape index (κ1) is 23.1. The molecule has 1 aliphatic rings. The summed E-state index contributed by atoms with van der Waals surface area (Å²) < 4.78 is 10.7. The van der Waals surface area contributed by atoms with Crippen LogP contribution < -0.4 is 9.64 Å². The molecule has 1 aromatic heterocycles. The van der Waals surface area contributed by atoms with Gasteiger partial charge < -0.3 is 14.4 Å². The Bertz CT molecular complexity index is 1070. The molecule has 0 amide bonds. The van der Waals surface area contributed by atoms with E-state index >= 15 is 0 Å². The molecule has 172 valence electrons. The van der Waals surface area contributed by atoms with Crippen molar-refractivity contribution in [2.24, 2.45) is 0 Å². The number of piperazine rings is 1. The normalized spacial score (nSPS) is 14.2. The number of carbonyl (C=O) groups excluding carboxylic acids is 1. The van der Waals surface area contributed by atoms with Gasteiger partial charge in [0, 0.05) is 49.5 Å². The van der Waals surface area contributed by atoms with Gasteiger partial charge in [-0.3, -0.25) is 4.90 Å². The van der Waals surface area contributed by atoms with E-state index in [1.165, 1.54) is 0 Å². The van der Waals surface area contributed by atoms with E-state index in [2.05, 4.69) is 20.9 Å². The summed E-state index contributed by atoms with van der Waals surface area (Å²) in [5.41, 5.74) is 3.16. The van der Waals surface area contributed by atoms with Crippen molar-refractivity contribution < 1.29 is 14.3 Å². The minimum absolute atomic E-state index is 0.110. The van der Waals surface area contributed by atoms with Crippen LogP contribution in [0, 0.1) is 0 Å². The van der Waals surface area contributed by atoms with Crippen LogP contribution >= 0.6 is 11.6 Å². The highest BCUT2D eigenvalue weighted by Crippen LogP contribution is 2.33. The van der Waals surface area contributed by atoms with Gasteiger partial charge in [0.1, 0.15) is 11.6 Å². The molecule has 1 saturated heterocycles. The molecule has 7 heteroatoms. The number of halogens is 1. The molecular weight excluding hydrogens is 438 g/mol. The summed E-state index contributed by atoms with van der Waals surface area (Å²) in [6.07, 6.45) is 1.83. The van der Waals surface area contributed by atoms with Crippen LogP contribution in [0.25, 0.3) is 11.1 Å². The lowest BCUT2D eigenvalue weighted by atomic mass is 9.98. The van der Waals surface area contributed by atoms with Gasteiger partial charge >= 0.3 is 5.97 Å². The van der Waals surface area contributed by atoms with Crippen LogP contribution in [0.15, 0.2) is 66.9 Å². The fraction of sp³-hybridized carbons (Fsp3) is 0.308. The standard InChI is InChI=1S/C26H28ClN3O3/c1-2-32-26(31)19-33-21-10-11-22(23-7-3-4-8-24(23)27)20(17-21)18-29-13-15-30(16-14-29)25-9-5-6-12-28-25/h3-12,17H,2,13-16,18-19H2,1H3. The predicted octanol–water partition coefficient (Wildman–Crippen LogP) is 4.67. The first-order valence-electron chi connectivity index (χ1n) is 11.2. The Labute approximate surface area is 199 Å². The van der Waals surface area contributed by atoms with Gasteiger partial charge in [0.25, 0.3) is 0 Å². The number of carbonyl (C=O) groups is 1. The summed E-state index contributed by atoms with van der Waals surface area (Å²) in [5.74, 6) is 1.28. The zero-order valence-electron chi connectivity index (χ0n) is 18.7. The molecule has 0 atom stereocenters. The van der Waals surface area contributed by atoms with E-state index in [9.17, 15) is 4.79 Å². The Morgan fingerprint density at radius 2 is 1.79 bits per heavy atom. The highest BCUT2D eigenvalue weighted by molar-refractivity contribution is 6.33. The number of anilines is 1. The number of ether oxygens (including phenoxy) is 2. The number of hydrogen-bond donors (Lipinski definition) is 0. The lowest BCUT2D eigenvalue weighted by molar-refractivity contribution is -0.145. The first-order valence-corrected chi connectivity index (χ1v) is 11.6. The minimum Gasteiger partial charge on any atom is -0.482 e. The molecule has 1 aliphatic heterocycles. The molecule has 0 unspecified atom stereocenters. The van der Waals surface area contributed by atoms with Gasteiger partial charge in [0.15, 0.2) is 6.61 Å². The molecule has 3 aromatic rings. The Morgan fingerprint density at radius 3 is 2.52 bits per heavy atom. The van der Waals surface area contributed by atoms with Crippen molar-refractivity contribution in [1.82, 2.24) is 9.88 Å². The highest BCUT2D eigenvalue weighted by atomic mass is 35.5. The van der Waals surface area contributed by atoms with Gasteiger partial charge in [-0.15, -0.1) is 0 Å². The Kier molecular flexibility index (Phi) is 7.81. The van der Waals surface area contributed by atoms with Crippen molar-refractivity contribution in [2.45, 2.75) is 13.5 Å². The van der Waals surface area contributed by atoms with Crippen molar-refractivity contribution in [3.63, 3.8) is 0 Å². The van der Waals surface area contributed by atoms with E-state index in [-0.39, 0.29) is 12.6 Å². The summed E-state index contributed by atoms with van der Waals surface area (Å²) in [6, 6.07) is 19.7. The fourth-order valence-corrected chi connectivity index (χ4v) is 4.23. The van der Waals surface area contributed by atoms with Crippen LogP contribution in [0.3, 0.4) is 0 Å². The average molecular weight is 466 g/mol. The third kappa shape index (κ3) is 6.03. The van der Waals surface area contributed by atoms with E-state index in [4.69, 9.17) is 21.1 Å². The van der Waals surface area contributed by atoms with Gasteiger partial charge in [-0.2, -0.15) is 0 Å². The van der Waals surface area contributed by atoms with Crippen molar-refractivity contribution in [2.75, 3.05) is 44.3 Å². The fourth-order valence-electron chi connectivity index (χ4n) is 3.99. The number of esters is 1. The number of hydrogen-bond acceptors (Lipinski definition) is 6. The largest absolute Gasteiger partial charge is 0.482 e. The van der Waals surface area contributed by atoms with E-state index < -0.39 is 0 Å². The smallest absolute Gasteiger partial charge is 0.344 e. The van der Waals surface area contributed by atoms with E-state index in [1.54, 1.807) is 6.92 Å². The molecule has 2 aromatic carbocycles. The molecule has 2 heterocycles. The van der Waals surface area contributed by atoms with Gasteiger partial charge in [0.05, 0.1) is 6.61 Å². The SMILES string of the molecule is CCOC(=O)COc1ccc(-c2ccccc2Cl)c(CN2CCN(c3ccccn3)CC2)c1. The first-order chi connectivity index (χ1) is 16.1. The zero-order valence-corrected chi connectivity index (χ0v) is 19.5. The van der Waals surface area contributed by atoms with Crippen molar-refractivity contribution in [1.29, 1.82) is 0 Å². The van der Waals surface area contributed by atoms with Crippen LogP contribution in [0.2, 0.25) is 5.02 Å². The monoisotopic (exact) mass is 465 g/mol. The summed E-state index contributed by atoms with van der Waals surface area (Å²) >= 11 is 6.52. The average Bonchev–Trinajstić information content (AvgIpc) is 2.85. The molecule has 1 fully saturated rings. The topological polar surface area (TPSA) is 54.9 Å². The Morgan fingerprint density at radius 1 is 1.00 bits per heavy atom. The van der Waals surface area contributed by atoms with Gasteiger partial charge in [-0.25, -0.2) is 9.78 Å². The lowest BCUT2D eigenvalue weighted by Gasteiger charge is -2.35. The van der Waals surface area contributed by atoms with Crippen LogP contribution in [-0.2, 0) is 16.1 Å². The second kappa shape index (κ2) is 11.2. The molecule has 0 bridgehead atoms. The van der Waals surface area contributed by atoms with Gasteiger partial charge in [0.2, 0.25) is 0 Å². The minimum atomic E-state index is -0.375. The Balaban J connectivity index is 1.51. The van der Waals surface area contributed by atoms with E-state index in [1.807, 2.05) is 60.8 Å². The van der Waals surface area contributed by atoms with E-state index in [0.717, 1.165) is 55.2 Å². The van der Waals surface area contributed by atoms with Crippen LogP contribution in [0.4, 0.5) is 5.82 Å². The third-order valence-electron chi connectivity index (χ3n) is 5.64. The molecule has 0 radical (unpaired) electrons. The molecule has 6 nitrogen and oxygen atoms in total. The zero-order chi connectivity index (χ0) is 23.0. The number of rotatable bonds is 8. The Hall–Kier alpha value is -3.09. The highest BCUT2D eigenvalue weighted by Gasteiger charge is 2.20. The number of benzene rings is 2. The maximum Gasteiger partial charge on any atom is 0.344 e. The number of pyridine rings is 1. The maximum absolute atomic E-state index is 11.7. The molecule has 0 spiro atoms. The summed E-state index contributed by atoms with van der Waals surface area (Å²) in [7, 11) is 0. The molecular formula is C26H28ClN3O3. The lowest BCUT2D eigenvalue weighted by Crippen LogP contribution is -2.46. The molecule has 0 saturated carbocycles. The maximum atomic E-state index is 11.7. The quantitative estimate of drug-likeness (QED) is 0.451. The summed E-state index contributed by atoms with van der Waals surface area (Å²) in [4.78, 5) is 20.9. The number of nitrogens with zero attached hydrogens (tertiary/aromatic N) is 3. The summed E-state index contributed by atoms with van der Waals surface area (Å²) in [6.45, 7) is 6.44. The molecule has 33 heavy (non-hydrogen) atoms. The van der Waals surface area contributed by atoms with Crippen LogP contribution in [0.1, 0.15) is 12.5 Å². The molecule has 0 aliphatic carbocycles. The van der Waals surface area contributed by atoms with Gasteiger partial charge in [-0.05, 0) is 48.4 Å². The summed E-state index contributed by atoms with van der Waals surface area (Å²) in [5, 5.41) is 0.707. The predicted molar refractivity (Wildman–Crippen MR) is 131 cm³/mol. The van der Waals surface area contributed by atoms with Crippen LogP contribution in [-0.4, -0.2) is 55.2 Å². The second-order valence-electron chi connectivity index (χ2n) is 7.84. The van der Waals surface area contributed by atoms with E-state index in [0.29, 0.717) is 17.4 Å². The van der Waals surface area contributed by atoms with Crippen molar-refractivity contribution in [3.8, 4) is 16.9 Å². The molecule has 4 rings (SSSR count). The third-order valence-corrected chi connectivity index (χ3v) is 5.97. The van der Waals surface area contributed by atoms with Crippen molar-refractivity contribution >= 4 is 23.4 Å².